The number of Topliss-reactive ketones (excluding diaryl/α,β-unsaturated/α-hetero) is 1. The van der Waals surface area contributed by atoms with Crippen LogP contribution >= 0.6 is 0 Å². The predicted molar refractivity (Wildman–Crippen MR) is 135 cm³/mol. The van der Waals surface area contributed by atoms with Gasteiger partial charge in [-0.05, 0) is 50.6 Å². The van der Waals surface area contributed by atoms with E-state index in [1.807, 2.05) is 51.1 Å². The predicted octanol–water partition coefficient (Wildman–Crippen LogP) is 4.96. The molecule has 0 aliphatic rings. The van der Waals surface area contributed by atoms with E-state index < -0.39 is 0 Å². The van der Waals surface area contributed by atoms with E-state index in [0.717, 1.165) is 22.2 Å². The SMILES string of the molecule is COc1ccc(C)cc1C(=O)CCC(=O)Nc1cc(C)nn1-c1cc(C)c2cccc(OC)c2n1. The van der Waals surface area contributed by atoms with Crippen molar-refractivity contribution in [1.82, 2.24) is 14.8 Å². The highest BCUT2D eigenvalue weighted by molar-refractivity contribution is 6.01. The molecule has 1 amide bonds. The molecular formula is C27H28N4O4. The van der Waals surface area contributed by atoms with E-state index in [-0.39, 0.29) is 24.5 Å². The van der Waals surface area contributed by atoms with Crippen molar-refractivity contribution in [3.63, 3.8) is 0 Å². The number of methoxy groups -OCH3 is 2. The first-order valence-electron chi connectivity index (χ1n) is 11.3. The molecule has 0 saturated carbocycles. The van der Waals surface area contributed by atoms with Crippen molar-refractivity contribution in [1.29, 1.82) is 0 Å². The minimum Gasteiger partial charge on any atom is -0.496 e. The summed E-state index contributed by atoms with van der Waals surface area (Å²) in [6.45, 7) is 5.74. The molecule has 0 saturated heterocycles. The van der Waals surface area contributed by atoms with Gasteiger partial charge in [0, 0.05) is 24.3 Å². The van der Waals surface area contributed by atoms with Crippen LogP contribution in [0.15, 0.2) is 48.5 Å². The van der Waals surface area contributed by atoms with Crippen molar-refractivity contribution in [3.8, 4) is 17.3 Å². The van der Waals surface area contributed by atoms with Crippen molar-refractivity contribution in [3.05, 3.63) is 70.9 Å². The maximum Gasteiger partial charge on any atom is 0.225 e. The summed E-state index contributed by atoms with van der Waals surface area (Å²) in [7, 11) is 3.13. The molecule has 0 atom stereocenters. The third-order valence-corrected chi connectivity index (χ3v) is 5.77. The first-order chi connectivity index (χ1) is 16.8. The number of carbonyl (C=O) groups excluding carboxylic acids is 2. The molecule has 0 fully saturated rings. The molecule has 2 aromatic carbocycles. The molecule has 1 N–H and O–H groups in total. The molecule has 35 heavy (non-hydrogen) atoms. The molecule has 0 aliphatic heterocycles. The Labute approximate surface area is 203 Å². The fraction of sp³-hybridized carbons (Fsp3) is 0.259. The molecule has 0 radical (unpaired) electrons. The maximum absolute atomic E-state index is 12.8. The summed E-state index contributed by atoms with van der Waals surface area (Å²) in [5.74, 6) is 1.76. The van der Waals surface area contributed by atoms with Crippen molar-refractivity contribution >= 4 is 28.4 Å². The van der Waals surface area contributed by atoms with Crippen molar-refractivity contribution in [2.75, 3.05) is 19.5 Å². The Hall–Kier alpha value is -4.20. The van der Waals surface area contributed by atoms with E-state index in [4.69, 9.17) is 14.5 Å². The van der Waals surface area contributed by atoms with Gasteiger partial charge in [-0.15, -0.1) is 0 Å². The molecule has 2 heterocycles. The van der Waals surface area contributed by atoms with Gasteiger partial charge in [0.1, 0.15) is 22.8 Å². The summed E-state index contributed by atoms with van der Waals surface area (Å²) in [5, 5.41) is 8.39. The van der Waals surface area contributed by atoms with Crippen LogP contribution in [0.3, 0.4) is 0 Å². The third-order valence-electron chi connectivity index (χ3n) is 5.77. The fourth-order valence-corrected chi connectivity index (χ4v) is 4.02. The number of hydrogen-bond acceptors (Lipinski definition) is 6. The summed E-state index contributed by atoms with van der Waals surface area (Å²) in [6, 6.07) is 14.9. The van der Waals surface area contributed by atoms with E-state index in [1.54, 1.807) is 30.0 Å². The molecule has 0 bridgehead atoms. The molecular weight excluding hydrogens is 444 g/mol. The number of ketones is 1. The second-order valence-corrected chi connectivity index (χ2v) is 8.41. The van der Waals surface area contributed by atoms with Gasteiger partial charge < -0.3 is 14.8 Å². The smallest absolute Gasteiger partial charge is 0.225 e. The van der Waals surface area contributed by atoms with E-state index in [1.165, 1.54) is 7.11 Å². The van der Waals surface area contributed by atoms with Crippen LogP contribution in [-0.4, -0.2) is 40.7 Å². The Morgan fingerprint density at radius 2 is 1.71 bits per heavy atom. The summed E-state index contributed by atoms with van der Waals surface area (Å²) >= 11 is 0. The number of carbonyl (C=O) groups is 2. The van der Waals surface area contributed by atoms with Gasteiger partial charge in [-0.1, -0.05) is 23.8 Å². The van der Waals surface area contributed by atoms with Crippen molar-refractivity contribution in [2.45, 2.75) is 33.6 Å². The van der Waals surface area contributed by atoms with Gasteiger partial charge in [-0.2, -0.15) is 9.78 Å². The summed E-state index contributed by atoms with van der Waals surface area (Å²) in [5.41, 5.74) is 3.87. The zero-order valence-corrected chi connectivity index (χ0v) is 20.5. The van der Waals surface area contributed by atoms with Crippen molar-refractivity contribution < 1.29 is 19.1 Å². The molecule has 4 aromatic rings. The van der Waals surface area contributed by atoms with Crippen LogP contribution in [-0.2, 0) is 4.79 Å². The standard InChI is InChI=1S/C27H28N4O4/c1-16-9-11-22(34-4)20(13-16)21(32)10-12-26(33)28-25-15-18(3)30-31(25)24-14-17(2)19-7-6-8-23(35-5)27(19)29-24/h6-9,11,13-15H,10,12H2,1-5H3,(H,28,33). The number of fused-ring (bicyclic) bond motifs is 1. The molecule has 2 aromatic heterocycles. The van der Waals surface area contributed by atoms with Gasteiger partial charge in [0.2, 0.25) is 5.91 Å². The monoisotopic (exact) mass is 472 g/mol. The van der Waals surface area contributed by atoms with Crippen LogP contribution < -0.4 is 14.8 Å². The molecule has 180 valence electrons. The minimum atomic E-state index is -0.291. The Balaban J connectivity index is 1.55. The average molecular weight is 473 g/mol. The number of para-hydroxylation sites is 1. The quantitative estimate of drug-likeness (QED) is 0.364. The van der Waals surface area contributed by atoms with Crippen LogP contribution in [0, 0.1) is 20.8 Å². The normalized spacial score (nSPS) is 10.9. The summed E-state index contributed by atoms with van der Waals surface area (Å²) in [4.78, 5) is 30.3. The first kappa shape index (κ1) is 23.9. The van der Waals surface area contributed by atoms with E-state index in [2.05, 4.69) is 10.4 Å². The first-order valence-corrected chi connectivity index (χ1v) is 11.3. The highest BCUT2D eigenvalue weighted by Gasteiger charge is 2.17. The summed E-state index contributed by atoms with van der Waals surface area (Å²) < 4.78 is 12.4. The second kappa shape index (κ2) is 9.97. The van der Waals surface area contributed by atoms with Gasteiger partial charge in [-0.3, -0.25) is 9.59 Å². The maximum atomic E-state index is 12.8. The largest absolute Gasteiger partial charge is 0.496 e. The topological polar surface area (TPSA) is 95.3 Å². The lowest BCUT2D eigenvalue weighted by molar-refractivity contribution is -0.116. The lowest BCUT2D eigenvalue weighted by atomic mass is 10.0. The Morgan fingerprint density at radius 3 is 2.46 bits per heavy atom. The molecule has 0 aliphatic carbocycles. The Morgan fingerprint density at radius 1 is 0.943 bits per heavy atom. The number of pyridine rings is 1. The number of ether oxygens (including phenoxy) is 2. The molecule has 4 rings (SSSR count). The van der Waals surface area contributed by atoms with Crippen LogP contribution in [0.2, 0.25) is 0 Å². The van der Waals surface area contributed by atoms with E-state index in [9.17, 15) is 9.59 Å². The zero-order chi connectivity index (χ0) is 25.1. The molecule has 8 nitrogen and oxygen atoms in total. The number of hydrogen-bond donors (Lipinski definition) is 1. The van der Waals surface area contributed by atoms with Gasteiger partial charge in [-0.25, -0.2) is 4.98 Å². The van der Waals surface area contributed by atoms with Gasteiger partial charge >= 0.3 is 0 Å². The zero-order valence-electron chi connectivity index (χ0n) is 20.5. The van der Waals surface area contributed by atoms with Gasteiger partial charge in [0.25, 0.3) is 0 Å². The lowest BCUT2D eigenvalue weighted by Gasteiger charge is -2.12. The minimum absolute atomic E-state index is 0.0259. The Kier molecular flexibility index (Phi) is 6.82. The third kappa shape index (κ3) is 5.01. The summed E-state index contributed by atoms with van der Waals surface area (Å²) in [6.07, 6.45) is 0.0848. The molecule has 0 unspecified atom stereocenters. The highest BCUT2D eigenvalue weighted by Crippen LogP contribution is 2.29. The average Bonchev–Trinajstić information content (AvgIpc) is 3.21. The van der Waals surface area contributed by atoms with E-state index >= 15 is 0 Å². The number of aromatic nitrogens is 3. The van der Waals surface area contributed by atoms with Crippen LogP contribution in [0.1, 0.15) is 40.0 Å². The number of rotatable bonds is 8. The fourth-order valence-electron chi connectivity index (χ4n) is 4.02. The molecule has 0 spiro atoms. The Bertz CT molecular complexity index is 1420. The number of anilines is 1. The van der Waals surface area contributed by atoms with Crippen LogP contribution in [0.4, 0.5) is 5.82 Å². The highest BCUT2D eigenvalue weighted by atomic mass is 16.5. The lowest BCUT2D eigenvalue weighted by Crippen LogP contribution is -2.17. The number of amides is 1. The second-order valence-electron chi connectivity index (χ2n) is 8.41. The van der Waals surface area contributed by atoms with Gasteiger partial charge in [0.05, 0.1) is 25.5 Å². The van der Waals surface area contributed by atoms with Crippen LogP contribution in [0.5, 0.6) is 11.5 Å². The van der Waals surface area contributed by atoms with Crippen LogP contribution in [0.25, 0.3) is 16.7 Å². The van der Waals surface area contributed by atoms with E-state index in [0.29, 0.717) is 34.2 Å². The number of benzene rings is 2. The van der Waals surface area contributed by atoms with Crippen molar-refractivity contribution in [2.24, 2.45) is 0 Å². The number of nitrogens with zero attached hydrogens (tertiary/aromatic N) is 3. The number of aryl methyl sites for hydroxylation is 3. The number of nitrogens with one attached hydrogen (secondary N) is 1. The molecule has 8 heteroatoms. The van der Waals surface area contributed by atoms with Gasteiger partial charge in [0.15, 0.2) is 11.6 Å².